The zero-order valence-electron chi connectivity index (χ0n) is 17.0. The molecule has 2 aromatic rings. The Kier molecular flexibility index (Phi) is 4.44. The first-order valence-corrected chi connectivity index (χ1v) is 10.9. The van der Waals surface area contributed by atoms with E-state index >= 15 is 4.39 Å². The molecule has 3 atom stereocenters. The van der Waals surface area contributed by atoms with Gasteiger partial charge in [-0.15, -0.1) is 0 Å². The van der Waals surface area contributed by atoms with Crippen LogP contribution in [0.2, 0.25) is 0 Å². The molecule has 3 aliphatic rings. The fraction of sp³-hybridized carbons (Fsp3) is 0.524. The Morgan fingerprint density at radius 2 is 2.06 bits per heavy atom. The number of alkyl halides is 1. The van der Waals surface area contributed by atoms with Crippen LogP contribution in [0.15, 0.2) is 17.1 Å². The molecule has 3 fully saturated rings. The number of anilines is 1. The number of pyridine rings is 1. The number of aromatic nitrogens is 1. The van der Waals surface area contributed by atoms with Crippen molar-refractivity contribution in [2.45, 2.75) is 43.9 Å². The number of carboxylic acid groups (broad SMARTS) is 1. The molecule has 1 saturated heterocycles. The maximum absolute atomic E-state index is 15.5. The normalized spacial score (nSPS) is 28.4. The fourth-order valence-corrected chi connectivity index (χ4v) is 5.63. The average molecular weight is 498 g/mol. The van der Waals surface area contributed by atoms with Crippen LogP contribution in [-0.4, -0.2) is 47.6 Å². The van der Waals surface area contributed by atoms with Crippen LogP contribution in [0.4, 0.5) is 14.5 Å². The summed E-state index contributed by atoms with van der Waals surface area (Å²) in [6.07, 6.45) is 2.21. The maximum atomic E-state index is 15.5. The van der Waals surface area contributed by atoms with Gasteiger partial charge in [0.05, 0.1) is 29.6 Å². The molecule has 10 heteroatoms. The van der Waals surface area contributed by atoms with Crippen molar-refractivity contribution in [3.8, 4) is 5.75 Å². The van der Waals surface area contributed by atoms with Gasteiger partial charge in [-0.05, 0) is 25.8 Å². The third-order valence-electron chi connectivity index (χ3n) is 7.22. The maximum Gasteiger partial charge on any atom is 0.341 e. The van der Waals surface area contributed by atoms with E-state index in [0.717, 1.165) is 25.1 Å². The van der Waals surface area contributed by atoms with E-state index in [2.05, 4.69) is 27.4 Å². The molecule has 0 bridgehead atoms. The standard InChI is InChI=1S/C21H22BrF2N3O4/c1-20(25-22)8-26(9-21(20)3-4-21)16-13(24)5-10-15(18(16)31-2)27(14-6-12(14)23)7-11(17(10)28)19(29)30/h5,7,12,14,25H,3-4,6,8-9H2,1-2H3,(H,29,30)/t12-,14+,20?/m0/s1. The van der Waals surface area contributed by atoms with Gasteiger partial charge in [0, 0.05) is 47.3 Å². The number of hydrogen-bond donors (Lipinski definition) is 2. The van der Waals surface area contributed by atoms with Gasteiger partial charge >= 0.3 is 5.97 Å². The van der Waals surface area contributed by atoms with Gasteiger partial charge in [-0.1, -0.05) is 0 Å². The first-order chi connectivity index (χ1) is 14.7. The number of carboxylic acids is 1. The van der Waals surface area contributed by atoms with Crippen molar-refractivity contribution in [3.05, 3.63) is 33.9 Å². The smallest absolute Gasteiger partial charge is 0.341 e. The number of rotatable bonds is 5. The molecule has 2 saturated carbocycles. The van der Waals surface area contributed by atoms with Crippen LogP contribution in [0.25, 0.3) is 10.9 Å². The molecule has 2 aliphatic carbocycles. The summed E-state index contributed by atoms with van der Waals surface area (Å²) < 4.78 is 39.7. The lowest BCUT2D eigenvalue weighted by molar-refractivity contribution is 0.0694. The summed E-state index contributed by atoms with van der Waals surface area (Å²) in [6.45, 7) is 3.18. The van der Waals surface area contributed by atoms with Crippen molar-refractivity contribution < 1.29 is 23.4 Å². The van der Waals surface area contributed by atoms with Crippen LogP contribution in [0.1, 0.15) is 42.6 Å². The van der Waals surface area contributed by atoms with Crippen molar-refractivity contribution >= 4 is 38.7 Å². The molecule has 7 nitrogen and oxygen atoms in total. The van der Waals surface area contributed by atoms with Crippen LogP contribution < -0.4 is 19.4 Å². The zero-order chi connectivity index (χ0) is 22.3. The zero-order valence-corrected chi connectivity index (χ0v) is 18.6. The van der Waals surface area contributed by atoms with E-state index in [1.54, 1.807) is 0 Å². The molecule has 1 aromatic heterocycles. The van der Waals surface area contributed by atoms with Crippen LogP contribution in [0.5, 0.6) is 5.75 Å². The third-order valence-corrected chi connectivity index (χ3v) is 8.10. The van der Waals surface area contributed by atoms with Crippen LogP contribution in [0, 0.1) is 11.2 Å². The van der Waals surface area contributed by atoms with E-state index in [-0.39, 0.29) is 39.7 Å². The van der Waals surface area contributed by atoms with Crippen molar-refractivity contribution in [2.75, 3.05) is 25.1 Å². The molecule has 0 radical (unpaired) electrons. The fourth-order valence-electron chi connectivity index (χ4n) is 5.08. The van der Waals surface area contributed by atoms with Crippen molar-refractivity contribution in [1.82, 2.24) is 8.91 Å². The number of methoxy groups -OCH3 is 1. The number of ether oxygens (including phenoxy) is 1. The van der Waals surface area contributed by atoms with E-state index < -0.39 is 35.0 Å². The SMILES string of the molecule is COc1c(N2CC3(CC3)C(C)(NBr)C2)c(F)cc2c(=O)c(C(=O)O)cn([C@@H]3C[C@@H]3F)c12. The van der Waals surface area contributed by atoms with Gasteiger partial charge in [0.2, 0.25) is 5.43 Å². The number of fused-ring (bicyclic) bond motifs is 1. The number of hydrogen-bond acceptors (Lipinski definition) is 5. The van der Waals surface area contributed by atoms with E-state index in [9.17, 15) is 19.1 Å². The molecule has 0 amide bonds. The molecule has 2 heterocycles. The predicted molar refractivity (Wildman–Crippen MR) is 115 cm³/mol. The van der Waals surface area contributed by atoms with Gasteiger partial charge < -0.3 is 19.3 Å². The summed E-state index contributed by atoms with van der Waals surface area (Å²) in [5.41, 5.74) is -1.19. The molecule has 31 heavy (non-hydrogen) atoms. The molecule has 1 unspecified atom stereocenters. The molecular weight excluding hydrogens is 476 g/mol. The number of halogens is 3. The predicted octanol–water partition coefficient (Wildman–Crippen LogP) is 3.39. The lowest BCUT2D eigenvalue weighted by Crippen LogP contribution is -2.45. The van der Waals surface area contributed by atoms with Gasteiger partial charge in [0.15, 0.2) is 11.6 Å². The molecule has 166 valence electrons. The Bertz CT molecular complexity index is 1180. The molecular formula is C21H22BrF2N3O4. The Labute approximate surface area is 185 Å². The number of nitrogens with one attached hydrogen (secondary N) is 1. The second kappa shape index (κ2) is 6.65. The van der Waals surface area contributed by atoms with Crippen molar-refractivity contribution in [2.24, 2.45) is 5.41 Å². The monoisotopic (exact) mass is 497 g/mol. The second-order valence-electron chi connectivity index (χ2n) is 9.10. The van der Waals surface area contributed by atoms with E-state index in [4.69, 9.17) is 4.74 Å². The van der Waals surface area contributed by atoms with Crippen molar-refractivity contribution in [3.63, 3.8) is 0 Å². The van der Waals surface area contributed by atoms with Gasteiger partial charge in [-0.2, -0.15) is 0 Å². The van der Waals surface area contributed by atoms with Gasteiger partial charge in [-0.25, -0.2) is 17.9 Å². The number of carbonyl (C=O) groups is 1. The minimum absolute atomic E-state index is 0.00370. The Hall–Kier alpha value is -2.20. The van der Waals surface area contributed by atoms with Gasteiger partial charge in [0.25, 0.3) is 0 Å². The van der Waals surface area contributed by atoms with Crippen LogP contribution in [-0.2, 0) is 0 Å². The number of aromatic carboxylic acids is 1. The first-order valence-electron chi connectivity index (χ1n) is 10.1. The number of nitrogens with zero attached hydrogens (tertiary/aromatic N) is 2. The minimum atomic E-state index is -1.44. The quantitative estimate of drug-likeness (QED) is 0.616. The van der Waals surface area contributed by atoms with Gasteiger partial charge in [-0.3, -0.25) is 4.79 Å². The summed E-state index contributed by atoms with van der Waals surface area (Å²) >= 11 is 3.37. The minimum Gasteiger partial charge on any atom is -0.492 e. The van der Waals surface area contributed by atoms with Crippen molar-refractivity contribution in [1.29, 1.82) is 0 Å². The molecule has 1 spiro atoms. The molecule has 1 aliphatic heterocycles. The first kappa shape index (κ1) is 20.7. The molecule has 5 rings (SSSR count). The summed E-state index contributed by atoms with van der Waals surface area (Å²) in [4.78, 5) is 26.3. The van der Waals surface area contributed by atoms with Crippen LogP contribution >= 0.6 is 16.1 Å². The summed E-state index contributed by atoms with van der Waals surface area (Å²) in [5, 5.41) is 9.31. The Morgan fingerprint density at radius 1 is 1.39 bits per heavy atom. The molecule has 2 N–H and O–H groups in total. The summed E-state index contributed by atoms with van der Waals surface area (Å²) in [5.74, 6) is -1.98. The highest BCUT2D eigenvalue weighted by atomic mass is 79.9. The van der Waals surface area contributed by atoms with E-state index in [1.807, 2.05) is 4.90 Å². The van der Waals surface area contributed by atoms with Crippen LogP contribution in [0.3, 0.4) is 0 Å². The molecule has 1 aromatic carbocycles. The summed E-state index contributed by atoms with van der Waals surface area (Å²) in [6, 6.07) is 0.446. The number of benzene rings is 1. The second-order valence-corrected chi connectivity index (χ2v) is 9.50. The highest BCUT2D eigenvalue weighted by Crippen LogP contribution is 2.60. The Balaban J connectivity index is 1.76. The lowest BCUT2D eigenvalue weighted by Gasteiger charge is -2.29. The Morgan fingerprint density at radius 3 is 2.55 bits per heavy atom. The lowest BCUT2D eigenvalue weighted by atomic mass is 9.87. The highest BCUT2D eigenvalue weighted by molar-refractivity contribution is 9.08. The summed E-state index contributed by atoms with van der Waals surface area (Å²) in [7, 11) is 1.38. The largest absolute Gasteiger partial charge is 0.492 e. The highest BCUT2D eigenvalue weighted by Gasteiger charge is 2.62. The average Bonchev–Trinajstić information content (AvgIpc) is 3.63. The van der Waals surface area contributed by atoms with E-state index in [0.29, 0.717) is 13.1 Å². The third kappa shape index (κ3) is 2.83. The topological polar surface area (TPSA) is 83.8 Å². The van der Waals surface area contributed by atoms with Gasteiger partial charge in [0.1, 0.15) is 17.4 Å². The van der Waals surface area contributed by atoms with E-state index in [1.165, 1.54) is 11.7 Å².